The van der Waals surface area contributed by atoms with Gasteiger partial charge in [0.05, 0.1) is 29.5 Å². The highest BCUT2D eigenvalue weighted by molar-refractivity contribution is 6.08. The van der Waals surface area contributed by atoms with E-state index in [1.807, 2.05) is 39.8 Å². The van der Waals surface area contributed by atoms with Gasteiger partial charge in [-0.15, -0.1) is 0 Å². The van der Waals surface area contributed by atoms with E-state index in [-0.39, 0.29) is 55.9 Å². The Morgan fingerprint density at radius 2 is 1.74 bits per heavy atom. The summed E-state index contributed by atoms with van der Waals surface area (Å²) in [4.78, 5) is 72.3. The lowest BCUT2D eigenvalue weighted by Crippen LogP contribution is -2.61. The fourth-order valence-corrected chi connectivity index (χ4v) is 7.49. The molecular weight excluding hydrogens is 691 g/mol. The number of hydrogen-bond donors (Lipinski definition) is 1. The van der Waals surface area contributed by atoms with E-state index in [1.165, 1.54) is 27.7 Å². The van der Waals surface area contributed by atoms with Gasteiger partial charge in [-0.3, -0.25) is 19.2 Å². The maximum atomic E-state index is 16.7. The first-order valence-corrected chi connectivity index (χ1v) is 19.0. The van der Waals surface area contributed by atoms with Crippen LogP contribution in [0.3, 0.4) is 0 Å². The van der Waals surface area contributed by atoms with Crippen molar-refractivity contribution in [3.8, 4) is 0 Å². The largest absolute Gasteiger partial charge is 0.457 e. The van der Waals surface area contributed by atoms with Crippen molar-refractivity contribution in [3.63, 3.8) is 0 Å². The summed E-state index contributed by atoms with van der Waals surface area (Å²) in [6, 6.07) is -0.380. The predicted octanol–water partition coefficient (Wildman–Crippen LogP) is 4.96. The van der Waals surface area contributed by atoms with Crippen molar-refractivity contribution in [3.05, 3.63) is 0 Å². The molecule has 2 heterocycles. The number of carbonyl (C=O) groups excluding carboxylic acids is 5. The van der Waals surface area contributed by atoms with Gasteiger partial charge in [-0.2, -0.15) is 0 Å². The molecule has 2 rings (SSSR count). The van der Waals surface area contributed by atoms with Gasteiger partial charge in [-0.25, -0.2) is 14.2 Å². The zero-order chi connectivity index (χ0) is 40.6. The number of rotatable bonds is 13. The number of carbonyl (C=O) groups is 5. The van der Waals surface area contributed by atoms with Gasteiger partial charge in [0.15, 0.2) is 24.0 Å². The molecule has 304 valence electrons. The zero-order valence-electron chi connectivity index (χ0n) is 34.2. The molecule has 0 aromatic rings. The van der Waals surface area contributed by atoms with Crippen LogP contribution < -0.4 is 0 Å². The number of hydrogen-bond acceptors (Lipinski definition) is 12. The van der Waals surface area contributed by atoms with Crippen molar-refractivity contribution in [2.45, 2.75) is 175 Å². The molecule has 53 heavy (non-hydrogen) atoms. The average Bonchev–Trinajstić information content (AvgIpc) is 3.07. The standard InChI is InChI=1S/C39H65FN2O11/c1-14-29(37(8,9)48)52-36(47)39(11,40)33(46)25(6)34(53-35-32(51-26(7)43)28(42(12)13)19-24(5)50-35)38(10)20-23(4)31(41-30(45)15-2)22(3)17-16-18-27(44)21-49-38/h22-25,28-29,32,34-35,48H,14-21H2,1-13H3/t22-,23-,24-,25+,28+,29-,32-,34-,35+,38-,39+/m1/s1. The molecule has 13 nitrogen and oxygen atoms in total. The minimum atomic E-state index is -3.21. The molecule has 11 atom stereocenters. The Hall–Kier alpha value is -2.65. The highest BCUT2D eigenvalue weighted by Crippen LogP contribution is 2.39. The van der Waals surface area contributed by atoms with Crippen molar-refractivity contribution in [2.75, 3.05) is 20.7 Å². The quantitative estimate of drug-likeness (QED) is 0.199. The van der Waals surface area contributed by atoms with E-state index in [4.69, 9.17) is 23.7 Å². The lowest BCUT2D eigenvalue weighted by atomic mass is 9.75. The van der Waals surface area contributed by atoms with Gasteiger partial charge >= 0.3 is 11.9 Å². The van der Waals surface area contributed by atoms with E-state index < -0.39 is 77.1 Å². The number of nitrogens with zero attached hydrogens (tertiary/aromatic N) is 2. The van der Waals surface area contributed by atoms with E-state index in [0.29, 0.717) is 25.0 Å². The van der Waals surface area contributed by atoms with Gasteiger partial charge in [0.25, 0.3) is 5.67 Å². The van der Waals surface area contributed by atoms with E-state index in [9.17, 15) is 29.1 Å². The molecule has 0 aromatic heterocycles. The molecule has 0 spiro atoms. The first-order chi connectivity index (χ1) is 24.4. The van der Waals surface area contributed by atoms with Crippen LogP contribution in [0.5, 0.6) is 0 Å². The minimum Gasteiger partial charge on any atom is -0.457 e. The Kier molecular flexibility index (Phi) is 16.9. The summed E-state index contributed by atoms with van der Waals surface area (Å²) in [6.07, 6.45) is -2.99. The molecule has 0 unspecified atom stereocenters. The number of ketones is 2. The van der Waals surface area contributed by atoms with E-state index in [2.05, 4.69) is 4.99 Å². The Morgan fingerprint density at radius 3 is 2.26 bits per heavy atom. The molecule has 1 N–H and O–H groups in total. The Morgan fingerprint density at radius 1 is 1.11 bits per heavy atom. The van der Waals surface area contributed by atoms with Crippen LogP contribution in [0.2, 0.25) is 0 Å². The minimum absolute atomic E-state index is 0.0599. The van der Waals surface area contributed by atoms with E-state index in [0.717, 1.165) is 6.92 Å². The lowest BCUT2D eigenvalue weighted by molar-refractivity contribution is -0.299. The molecule has 0 aliphatic carbocycles. The second-order valence-electron chi connectivity index (χ2n) is 16.1. The number of ether oxygens (including phenoxy) is 5. The first-order valence-electron chi connectivity index (χ1n) is 19.0. The SMILES string of the molecule is CCC(=O)N=C1[C@H](C)CCCC(=O)CO[C@@](C)([C@H](O[C@@H]2O[C@H](C)C[C@H](N(C)C)[C@H]2OC(C)=O)[C@@H](C)C(=O)[C@](C)(F)C(=O)O[C@H](CC)C(C)(C)O)C[C@H]1C. The van der Waals surface area contributed by atoms with Crippen LogP contribution in [0.1, 0.15) is 121 Å². The third-order valence-corrected chi connectivity index (χ3v) is 10.5. The number of aliphatic hydroxyl groups is 1. The first kappa shape index (κ1) is 46.5. The molecule has 0 aromatic carbocycles. The summed E-state index contributed by atoms with van der Waals surface area (Å²) >= 11 is 0. The van der Waals surface area contributed by atoms with Crippen LogP contribution in [-0.4, -0.2) is 119 Å². The van der Waals surface area contributed by atoms with Crippen molar-refractivity contribution in [2.24, 2.45) is 22.7 Å². The highest BCUT2D eigenvalue weighted by atomic mass is 19.1. The van der Waals surface area contributed by atoms with Crippen LogP contribution in [0.4, 0.5) is 4.39 Å². The normalized spacial score (nSPS) is 31.5. The molecular formula is C39H65FN2O11. The van der Waals surface area contributed by atoms with Crippen molar-refractivity contribution < 1.29 is 57.2 Å². The third-order valence-electron chi connectivity index (χ3n) is 10.5. The van der Waals surface area contributed by atoms with Gasteiger partial charge in [0, 0.05) is 31.4 Å². The van der Waals surface area contributed by atoms with Gasteiger partial charge in [-0.1, -0.05) is 34.6 Å². The molecule has 2 aliphatic rings. The molecule has 1 amide bonds. The maximum Gasteiger partial charge on any atom is 0.351 e. The molecule has 2 aliphatic heterocycles. The molecule has 2 saturated heterocycles. The summed E-state index contributed by atoms with van der Waals surface area (Å²) in [5.74, 6) is -5.86. The predicted molar refractivity (Wildman–Crippen MR) is 196 cm³/mol. The molecule has 2 fully saturated rings. The van der Waals surface area contributed by atoms with Crippen LogP contribution in [-0.2, 0) is 47.7 Å². The summed E-state index contributed by atoms with van der Waals surface area (Å²) < 4.78 is 47.2. The molecule has 0 saturated carbocycles. The van der Waals surface area contributed by atoms with Crippen LogP contribution >= 0.6 is 0 Å². The number of alkyl halides is 1. The van der Waals surface area contributed by atoms with Crippen molar-refractivity contribution in [1.29, 1.82) is 0 Å². The highest BCUT2D eigenvalue weighted by Gasteiger charge is 2.55. The van der Waals surface area contributed by atoms with Gasteiger partial charge < -0.3 is 33.7 Å². The van der Waals surface area contributed by atoms with Crippen LogP contribution in [0.15, 0.2) is 4.99 Å². The second kappa shape index (κ2) is 19.3. The maximum absolute atomic E-state index is 16.7. The molecule has 0 bridgehead atoms. The Balaban J connectivity index is 2.80. The number of amides is 1. The monoisotopic (exact) mass is 756 g/mol. The topological polar surface area (TPSA) is 167 Å². The smallest absolute Gasteiger partial charge is 0.351 e. The number of halogens is 1. The lowest BCUT2D eigenvalue weighted by Gasteiger charge is -2.48. The van der Waals surface area contributed by atoms with Crippen LogP contribution in [0.25, 0.3) is 0 Å². The summed E-state index contributed by atoms with van der Waals surface area (Å²) in [5.41, 5.74) is -5.69. The fraction of sp³-hybridized carbons (Fsp3) is 0.846. The number of aliphatic imine (C=N–C) groups is 1. The van der Waals surface area contributed by atoms with Crippen molar-refractivity contribution >= 4 is 35.1 Å². The third kappa shape index (κ3) is 12.4. The average molecular weight is 757 g/mol. The zero-order valence-corrected chi connectivity index (χ0v) is 34.2. The summed E-state index contributed by atoms with van der Waals surface area (Å²) in [7, 11) is 3.64. The Bertz CT molecular complexity index is 1330. The van der Waals surface area contributed by atoms with Gasteiger partial charge in [-0.05, 0) is 92.7 Å². The number of Topliss-reactive ketones (excluding diaryl/α,β-unsaturated/α-hetero) is 2. The van der Waals surface area contributed by atoms with E-state index in [1.54, 1.807) is 20.8 Å². The molecule has 0 radical (unpaired) electrons. The molecule has 14 heteroatoms. The summed E-state index contributed by atoms with van der Waals surface area (Å²) in [6.45, 7) is 16.6. The Labute approximate surface area is 315 Å². The van der Waals surface area contributed by atoms with E-state index >= 15 is 4.39 Å². The number of esters is 2. The summed E-state index contributed by atoms with van der Waals surface area (Å²) in [5, 5.41) is 10.5. The second-order valence-corrected chi connectivity index (χ2v) is 16.1. The van der Waals surface area contributed by atoms with Crippen LogP contribution in [0, 0.1) is 17.8 Å². The fourth-order valence-electron chi connectivity index (χ4n) is 7.49. The van der Waals surface area contributed by atoms with Gasteiger partial charge in [0.1, 0.15) is 12.7 Å². The van der Waals surface area contributed by atoms with Crippen molar-refractivity contribution in [1.82, 2.24) is 4.90 Å². The van der Waals surface area contributed by atoms with Gasteiger partial charge in [0.2, 0.25) is 5.91 Å². The number of likely N-dealkylation sites (N-methyl/N-ethyl adjacent to an activating group) is 1.